The minimum absolute atomic E-state index is 0.147. The smallest absolute Gasteiger partial charge is 0.271 e. The summed E-state index contributed by atoms with van der Waals surface area (Å²) < 4.78 is 0. The zero-order valence-electron chi connectivity index (χ0n) is 11.7. The van der Waals surface area contributed by atoms with Crippen molar-refractivity contribution in [2.24, 2.45) is 0 Å². The average molecular weight is 263 g/mol. The van der Waals surface area contributed by atoms with Gasteiger partial charge in [-0.05, 0) is 26.8 Å². The molecule has 0 radical (unpaired) electrons. The van der Waals surface area contributed by atoms with Gasteiger partial charge in [-0.2, -0.15) is 0 Å². The number of carbonyl (C=O) groups is 1. The zero-order chi connectivity index (χ0) is 13.8. The van der Waals surface area contributed by atoms with E-state index in [1.54, 1.807) is 13.2 Å². The summed E-state index contributed by atoms with van der Waals surface area (Å²) in [6.45, 7) is 3.19. The molecule has 1 saturated heterocycles. The van der Waals surface area contributed by atoms with Crippen LogP contribution in [0, 0.1) is 0 Å². The lowest BCUT2D eigenvalue weighted by atomic mass is 9.99. The third-order valence-corrected chi connectivity index (χ3v) is 3.67. The highest BCUT2D eigenvalue weighted by Gasteiger charge is 2.24. The zero-order valence-corrected chi connectivity index (χ0v) is 11.7. The minimum Gasteiger partial charge on any atom is -0.372 e. The highest BCUT2D eigenvalue weighted by molar-refractivity contribution is 5.92. The Morgan fingerprint density at radius 1 is 1.47 bits per heavy atom. The number of hydrogen-bond acceptors (Lipinski definition) is 5. The second-order valence-electron chi connectivity index (χ2n) is 5.06. The molecule has 1 amide bonds. The molecule has 0 bridgehead atoms. The van der Waals surface area contributed by atoms with Crippen LogP contribution in [-0.4, -0.2) is 53.5 Å². The molecule has 2 N–H and O–H groups in total. The number of amides is 1. The summed E-state index contributed by atoms with van der Waals surface area (Å²) in [5.74, 6) is 0.454. The predicted octanol–water partition coefficient (Wildman–Crippen LogP) is 0.731. The number of hydrogen-bond donors (Lipinski definition) is 2. The molecule has 6 heteroatoms. The number of anilines is 1. The van der Waals surface area contributed by atoms with Gasteiger partial charge in [0.25, 0.3) is 5.91 Å². The van der Waals surface area contributed by atoms with Crippen LogP contribution in [0.3, 0.4) is 0 Å². The molecule has 2 heterocycles. The van der Waals surface area contributed by atoms with Crippen molar-refractivity contribution < 1.29 is 4.79 Å². The normalized spacial score (nSPS) is 23.9. The first-order valence-corrected chi connectivity index (χ1v) is 6.61. The van der Waals surface area contributed by atoms with Gasteiger partial charge < -0.3 is 15.5 Å². The van der Waals surface area contributed by atoms with Gasteiger partial charge in [-0.15, -0.1) is 0 Å². The van der Waals surface area contributed by atoms with Gasteiger partial charge in [-0.25, -0.2) is 4.98 Å². The van der Waals surface area contributed by atoms with Crippen molar-refractivity contribution in [3.63, 3.8) is 0 Å². The Morgan fingerprint density at radius 3 is 2.95 bits per heavy atom. The molecule has 6 nitrogen and oxygen atoms in total. The monoisotopic (exact) mass is 263 g/mol. The van der Waals surface area contributed by atoms with Crippen molar-refractivity contribution in [1.82, 2.24) is 20.2 Å². The largest absolute Gasteiger partial charge is 0.372 e. The number of rotatable bonds is 3. The van der Waals surface area contributed by atoms with Crippen molar-refractivity contribution in [2.45, 2.75) is 31.8 Å². The van der Waals surface area contributed by atoms with Gasteiger partial charge in [0.1, 0.15) is 11.5 Å². The molecule has 0 saturated carbocycles. The number of nitrogens with zero attached hydrogens (tertiary/aromatic N) is 3. The topological polar surface area (TPSA) is 70.2 Å². The van der Waals surface area contributed by atoms with Crippen molar-refractivity contribution in [1.29, 1.82) is 0 Å². The molecule has 19 heavy (non-hydrogen) atoms. The van der Waals surface area contributed by atoms with E-state index in [9.17, 15) is 4.79 Å². The second kappa shape index (κ2) is 5.97. The maximum absolute atomic E-state index is 12.1. The van der Waals surface area contributed by atoms with E-state index in [1.807, 2.05) is 0 Å². The predicted molar refractivity (Wildman–Crippen MR) is 74.2 cm³/mol. The van der Waals surface area contributed by atoms with E-state index in [0.29, 0.717) is 17.6 Å². The summed E-state index contributed by atoms with van der Waals surface area (Å²) in [5.41, 5.74) is 0.360. The van der Waals surface area contributed by atoms with Crippen molar-refractivity contribution >= 4 is 11.7 Å². The highest BCUT2D eigenvalue weighted by atomic mass is 16.1. The number of carbonyl (C=O) groups excluding carboxylic acids is 1. The number of likely N-dealkylation sites (tertiary alicyclic amines) is 1. The van der Waals surface area contributed by atoms with Gasteiger partial charge >= 0.3 is 0 Å². The molecular weight excluding hydrogens is 242 g/mol. The second-order valence-corrected chi connectivity index (χ2v) is 5.06. The van der Waals surface area contributed by atoms with E-state index in [-0.39, 0.29) is 11.9 Å². The summed E-state index contributed by atoms with van der Waals surface area (Å²) in [6, 6.07) is 0.715. The highest BCUT2D eigenvalue weighted by Crippen LogP contribution is 2.15. The average Bonchev–Trinajstić information content (AvgIpc) is 2.43. The van der Waals surface area contributed by atoms with Crippen molar-refractivity contribution in [2.75, 3.05) is 26.0 Å². The van der Waals surface area contributed by atoms with Crippen LogP contribution in [0.5, 0.6) is 0 Å². The van der Waals surface area contributed by atoms with E-state index in [2.05, 4.69) is 39.5 Å². The van der Waals surface area contributed by atoms with Gasteiger partial charge in [-0.3, -0.25) is 9.78 Å². The van der Waals surface area contributed by atoms with Crippen LogP contribution in [0.2, 0.25) is 0 Å². The van der Waals surface area contributed by atoms with Crippen LogP contribution in [0.15, 0.2) is 12.4 Å². The summed E-state index contributed by atoms with van der Waals surface area (Å²) in [5, 5.41) is 5.92. The van der Waals surface area contributed by atoms with Gasteiger partial charge in [-0.1, -0.05) is 0 Å². The maximum Gasteiger partial charge on any atom is 0.271 e. The molecule has 0 aliphatic carbocycles. The van der Waals surface area contributed by atoms with Gasteiger partial charge in [0.15, 0.2) is 0 Å². The first-order valence-electron chi connectivity index (χ1n) is 6.61. The molecule has 0 spiro atoms. The number of aromatic nitrogens is 2. The lowest BCUT2D eigenvalue weighted by Gasteiger charge is -2.35. The molecule has 104 valence electrons. The minimum atomic E-state index is -0.147. The fourth-order valence-electron chi connectivity index (χ4n) is 2.28. The Morgan fingerprint density at radius 2 is 2.26 bits per heavy atom. The van der Waals surface area contributed by atoms with Crippen LogP contribution in [-0.2, 0) is 0 Å². The molecule has 0 aromatic carbocycles. The molecular formula is C13H21N5O. The quantitative estimate of drug-likeness (QED) is 0.841. The molecule has 1 aliphatic rings. The van der Waals surface area contributed by atoms with Crippen LogP contribution in [0.1, 0.15) is 30.3 Å². The molecule has 2 atom stereocenters. The summed E-state index contributed by atoms with van der Waals surface area (Å²) >= 11 is 0. The summed E-state index contributed by atoms with van der Waals surface area (Å²) in [6.07, 6.45) is 5.04. The Labute approximate surface area is 113 Å². The van der Waals surface area contributed by atoms with E-state index in [1.165, 1.54) is 6.20 Å². The molecule has 1 aromatic rings. The van der Waals surface area contributed by atoms with Crippen LogP contribution >= 0.6 is 0 Å². The van der Waals surface area contributed by atoms with E-state index in [0.717, 1.165) is 19.4 Å². The first kappa shape index (κ1) is 13.7. The summed E-state index contributed by atoms with van der Waals surface area (Å²) in [4.78, 5) is 22.6. The van der Waals surface area contributed by atoms with Crippen LogP contribution < -0.4 is 10.6 Å². The third-order valence-electron chi connectivity index (χ3n) is 3.67. The van der Waals surface area contributed by atoms with Gasteiger partial charge in [0.05, 0.1) is 12.4 Å². The van der Waals surface area contributed by atoms with E-state index < -0.39 is 0 Å². The Kier molecular flexibility index (Phi) is 4.31. The van der Waals surface area contributed by atoms with Crippen molar-refractivity contribution in [3.05, 3.63) is 18.1 Å². The molecule has 2 unspecified atom stereocenters. The Bertz CT molecular complexity index is 450. The van der Waals surface area contributed by atoms with Crippen LogP contribution in [0.4, 0.5) is 5.82 Å². The SMILES string of the molecule is CNc1cncc(C(=O)NC2CCN(C)C(C)C2)n1. The summed E-state index contributed by atoms with van der Waals surface area (Å²) in [7, 11) is 3.87. The molecule has 1 aliphatic heterocycles. The number of piperidine rings is 1. The van der Waals surface area contributed by atoms with Gasteiger partial charge in [0, 0.05) is 25.7 Å². The molecule has 1 fully saturated rings. The molecule has 1 aromatic heterocycles. The fraction of sp³-hybridized carbons (Fsp3) is 0.615. The Hall–Kier alpha value is -1.69. The van der Waals surface area contributed by atoms with Gasteiger partial charge in [0.2, 0.25) is 0 Å². The van der Waals surface area contributed by atoms with Crippen LogP contribution in [0.25, 0.3) is 0 Å². The number of nitrogens with one attached hydrogen (secondary N) is 2. The van der Waals surface area contributed by atoms with E-state index in [4.69, 9.17) is 0 Å². The van der Waals surface area contributed by atoms with Crippen molar-refractivity contribution in [3.8, 4) is 0 Å². The maximum atomic E-state index is 12.1. The Balaban J connectivity index is 1.97. The molecule has 2 rings (SSSR count). The third kappa shape index (κ3) is 3.41. The fourth-order valence-corrected chi connectivity index (χ4v) is 2.28. The van der Waals surface area contributed by atoms with E-state index >= 15 is 0 Å². The first-order chi connectivity index (χ1) is 9.10. The standard InChI is InChI=1S/C13H21N5O/c1-9-6-10(4-5-18(9)3)16-13(19)11-7-15-8-12(14-2)17-11/h7-10H,4-6H2,1-3H3,(H,14,17)(H,16,19). The lowest BCUT2D eigenvalue weighted by Crippen LogP contribution is -2.47. The lowest BCUT2D eigenvalue weighted by molar-refractivity contribution is 0.0891.